The SMILES string of the molecule is Cl.O=C(COC1CCOCC1)N[C@H]1CCCNC1. The molecule has 0 aliphatic carbocycles. The van der Waals surface area contributed by atoms with Crippen molar-refractivity contribution in [2.24, 2.45) is 0 Å². The molecule has 0 unspecified atom stereocenters. The molecule has 0 aromatic carbocycles. The molecule has 0 radical (unpaired) electrons. The van der Waals surface area contributed by atoms with E-state index < -0.39 is 0 Å². The number of hydrogen-bond donors (Lipinski definition) is 2. The molecule has 2 heterocycles. The smallest absolute Gasteiger partial charge is 0.246 e. The van der Waals surface area contributed by atoms with Crippen molar-refractivity contribution in [2.75, 3.05) is 32.9 Å². The first-order chi connectivity index (χ1) is 8.34. The first-order valence-electron chi connectivity index (χ1n) is 6.54. The summed E-state index contributed by atoms with van der Waals surface area (Å²) in [7, 11) is 0. The van der Waals surface area contributed by atoms with Crippen molar-refractivity contribution in [3.05, 3.63) is 0 Å². The lowest BCUT2D eigenvalue weighted by atomic mass is 10.1. The summed E-state index contributed by atoms with van der Waals surface area (Å²) in [6, 6.07) is 0.273. The highest BCUT2D eigenvalue weighted by atomic mass is 35.5. The lowest BCUT2D eigenvalue weighted by molar-refractivity contribution is -0.130. The number of piperidine rings is 1. The van der Waals surface area contributed by atoms with Crippen molar-refractivity contribution in [1.29, 1.82) is 0 Å². The second kappa shape index (κ2) is 8.69. The minimum atomic E-state index is 0. The molecular formula is C12H23ClN2O3. The first-order valence-corrected chi connectivity index (χ1v) is 6.54. The van der Waals surface area contributed by atoms with Crippen LogP contribution in [0.15, 0.2) is 0 Å². The van der Waals surface area contributed by atoms with Crippen LogP contribution in [0, 0.1) is 0 Å². The van der Waals surface area contributed by atoms with E-state index in [-0.39, 0.29) is 37.1 Å². The Morgan fingerprint density at radius 1 is 1.33 bits per heavy atom. The maximum Gasteiger partial charge on any atom is 0.246 e. The Morgan fingerprint density at radius 2 is 2.11 bits per heavy atom. The van der Waals surface area contributed by atoms with Crippen LogP contribution in [-0.4, -0.2) is 51.0 Å². The molecule has 2 N–H and O–H groups in total. The molecule has 2 rings (SSSR count). The molecule has 106 valence electrons. The minimum Gasteiger partial charge on any atom is -0.381 e. The minimum absolute atomic E-state index is 0. The number of ether oxygens (including phenoxy) is 2. The van der Waals surface area contributed by atoms with E-state index in [1.165, 1.54) is 0 Å². The van der Waals surface area contributed by atoms with E-state index in [1.54, 1.807) is 0 Å². The molecule has 18 heavy (non-hydrogen) atoms. The van der Waals surface area contributed by atoms with Crippen molar-refractivity contribution in [1.82, 2.24) is 10.6 Å². The zero-order valence-electron chi connectivity index (χ0n) is 10.7. The number of rotatable bonds is 4. The summed E-state index contributed by atoms with van der Waals surface area (Å²) in [4.78, 5) is 11.7. The molecule has 2 saturated heterocycles. The molecule has 0 bridgehead atoms. The summed E-state index contributed by atoms with van der Waals surface area (Å²) >= 11 is 0. The largest absolute Gasteiger partial charge is 0.381 e. The standard InChI is InChI=1S/C12H22N2O3.ClH/c15-12(14-10-2-1-5-13-8-10)9-17-11-3-6-16-7-4-11;/h10-11,13H,1-9H2,(H,14,15);1H/t10-;/m0./s1. The number of amides is 1. The highest BCUT2D eigenvalue weighted by Crippen LogP contribution is 2.10. The summed E-state index contributed by atoms with van der Waals surface area (Å²) in [6.07, 6.45) is 4.19. The van der Waals surface area contributed by atoms with Gasteiger partial charge >= 0.3 is 0 Å². The Bertz CT molecular complexity index is 241. The molecule has 5 nitrogen and oxygen atoms in total. The predicted octanol–water partition coefficient (Wildman–Crippen LogP) is 0.472. The molecule has 0 aromatic heterocycles. The first kappa shape index (κ1) is 15.7. The zero-order chi connectivity index (χ0) is 11.9. The van der Waals surface area contributed by atoms with E-state index in [0.29, 0.717) is 0 Å². The topological polar surface area (TPSA) is 59.6 Å². The Labute approximate surface area is 114 Å². The van der Waals surface area contributed by atoms with Gasteiger partial charge in [0, 0.05) is 25.8 Å². The molecule has 0 spiro atoms. The summed E-state index contributed by atoms with van der Waals surface area (Å²) < 4.78 is 10.8. The van der Waals surface area contributed by atoms with Crippen LogP contribution in [0.25, 0.3) is 0 Å². The van der Waals surface area contributed by atoms with Crippen LogP contribution in [0.3, 0.4) is 0 Å². The molecular weight excluding hydrogens is 256 g/mol. The Kier molecular flexibility index (Phi) is 7.58. The monoisotopic (exact) mass is 278 g/mol. The van der Waals surface area contributed by atoms with E-state index in [4.69, 9.17) is 9.47 Å². The van der Waals surface area contributed by atoms with Crippen molar-refractivity contribution in [3.63, 3.8) is 0 Å². The lowest BCUT2D eigenvalue weighted by Crippen LogP contribution is -2.47. The van der Waals surface area contributed by atoms with Crippen molar-refractivity contribution < 1.29 is 14.3 Å². The van der Waals surface area contributed by atoms with E-state index in [0.717, 1.165) is 52.0 Å². The van der Waals surface area contributed by atoms with Gasteiger partial charge in [-0.15, -0.1) is 12.4 Å². The van der Waals surface area contributed by atoms with Gasteiger partial charge in [0.1, 0.15) is 6.61 Å². The van der Waals surface area contributed by atoms with Crippen LogP contribution in [0.1, 0.15) is 25.7 Å². The number of hydrogen-bond acceptors (Lipinski definition) is 4. The van der Waals surface area contributed by atoms with E-state index >= 15 is 0 Å². The fourth-order valence-corrected chi connectivity index (χ4v) is 2.28. The van der Waals surface area contributed by atoms with E-state index in [9.17, 15) is 4.79 Å². The van der Waals surface area contributed by atoms with Gasteiger partial charge in [0.05, 0.1) is 6.10 Å². The predicted molar refractivity (Wildman–Crippen MR) is 71.1 cm³/mol. The van der Waals surface area contributed by atoms with Gasteiger partial charge in [-0.1, -0.05) is 0 Å². The fraction of sp³-hybridized carbons (Fsp3) is 0.917. The maximum absolute atomic E-state index is 11.7. The summed E-state index contributed by atoms with van der Waals surface area (Å²) in [5.41, 5.74) is 0. The number of halogens is 1. The molecule has 2 aliphatic rings. The number of nitrogens with one attached hydrogen (secondary N) is 2. The van der Waals surface area contributed by atoms with Crippen molar-refractivity contribution >= 4 is 18.3 Å². The van der Waals surface area contributed by atoms with E-state index in [2.05, 4.69) is 10.6 Å². The fourth-order valence-electron chi connectivity index (χ4n) is 2.28. The summed E-state index contributed by atoms with van der Waals surface area (Å²) in [5, 5.41) is 6.27. The lowest BCUT2D eigenvalue weighted by Gasteiger charge is -2.25. The molecule has 1 atom stereocenters. The average Bonchev–Trinajstić information content (AvgIpc) is 2.39. The molecule has 0 saturated carbocycles. The van der Waals surface area contributed by atoms with Gasteiger partial charge in [0.2, 0.25) is 5.91 Å². The van der Waals surface area contributed by atoms with Crippen molar-refractivity contribution in [3.8, 4) is 0 Å². The second-order valence-corrected chi connectivity index (χ2v) is 4.73. The van der Waals surface area contributed by atoms with Gasteiger partial charge < -0.3 is 20.1 Å². The van der Waals surface area contributed by atoms with Crippen LogP contribution in [0.5, 0.6) is 0 Å². The molecule has 0 aromatic rings. The molecule has 1 amide bonds. The molecule has 2 fully saturated rings. The Hall–Kier alpha value is -0.360. The van der Waals surface area contributed by atoms with Gasteiger partial charge in [-0.05, 0) is 32.2 Å². The number of carbonyl (C=O) groups excluding carboxylic acids is 1. The highest BCUT2D eigenvalue weighted by molar-refractivity contribution is 5.85. The maximum atomic E-state index is 11.7. The van der Waals surface area contributed by atoms with Gasteiger partial charge in [-0.2, -0.15) is 0 Å². The zero-order valence-corrected chi connectivity index (χ0v) is 11.5. The van der Waals surface area contributed by atoms with Gasteiger partial charge in [0.25, 0.3) is 0 Å². The van der Waals surface area contributed by atoms with Crippen molar-refractivity contribution in [2.45, 2.75) is 37.8 Å². The van der Waals surface area contributed by atoms with Crippen LogP contribution in [0.4, 0.5) is 0 Å². The summed E-state index contributed by atoms with van der Waals surface area (Å²) in [6.45, 7) is 3.62. The third-order valence-corrected chi connectivity index (χ3v) is 3.28. The average molecular weight is 279 g/mol. The highest BCUT2D eigenvalue weighted by Gasteiger charge is 2.18. The Balaban J connectivity index is 0.00000162. The van der Waals surface area contributed by atoms with Gasteiger partial charge in [0.15, 0.2) is 0 Å². The van der Waals surface area contributed by atoms with Gasteiger partial charge in [-0.25, -0.2) is 0 Å². The van der Waals surface area contributed by atoms with Crippen LogP contribution in [-0.2, 0) is 14.3 Å². The normalized spacial score (nSPS) is 25.2. The summed E-state index contributed by atoms with van der Waals surface area (Å²) in [5.74, 6) is 0.00481. The molecule has 2 aliphatic heterocycles. The second-order valence-electron chi connectivity index (χ2n) is 4.73. The third-order valence-electron chi connectivity index (χ3n) is 3.28. The number of carbonyl (C=O) groups is 1. The quantitative estimate of drug-likeness (QED) is 0.785. The van der Waals surface area contributed by atoms with E-state index in [1.807, 2.05) is 0 Å². The third kappa shape index (κ3) is 5.52. The van der Waals surface area contributed by atoms with Gasteiger partial charge in [-0.3, -0.25) is 4.79 Å². The van der Waals surface area contributed by atoms with Crippen LogP contribution in [0.2, 0.25) is 0 Å². The Morgan fingerprint density at radius 3 is 2.78 bits per heavy atom. The van der Waals surface area contributed by atoms with Crippen LogP contribution < -0.4 is 10.6 Å². The molecule has 6 heteroatoms. The van der Waals surface area contributed by atoms with Crippen LogP contribution >= 0.6 is 12.4 Å².